The van der Waals surface area contributed by atoms with Crippen LogP contribution in [0, 0.1) is 0 Å². The smallest absolute Gasteiger partial charge is 0.243 e. The Balaban J connectivity index is 0.00000676. The molecule has 7 nitrogen and oxygen atoms in total. The Kier molecular flexibility index (Phi) is 13.5. The zero-order valence-electron chi connectivity index (χ0n) is 17.0. The van der Waals surface area contributed by atoms with Crippen LogP contribution in [-0.2, 0) is 11.2 Å². The molecule has 1 amide bonds. The van der Waals surface area contributed by atoms with Crippen molar-refractivity contribution in [1.29, 1.82) is 0 Å². The van der Waals surface area contributed by atoms with Crippen LogP contribution in [0.25, 0.3) is 0 Å². The van der Waals surface area contributed by atoms with Gasteiger partial charge in [-0.3, -0.25) is 4.79 Å². The summed E-state index contributed by atoms with van der Waals surface area (Å²) in [5.74, 6) is 2.07. The minimum absolute atomic E-state index is 0. The maximum Gasteiger partial charge on any atom is 0.243 e. The first kappa shape index (κ1) is 25.3. The summed E-state index contributed by atoms with van der Waals surface area (Å²) in [6.07, 6.45) is 2.96. The first-order valence-electron chi connectivity index (χ1n) is 8.95. The van der Waals surface area contributed by atoms with Crippen LogP contribution >= 0.6 is 24.0 Å². The van der Waals surface area contributed by atoms with Crippen molar-refractivity contribution in [2.45, 2.75) is 26.2 Å². The Morgan fingerprint density at radius 2 is 1.78 bits per heavy atom. The topological polar surface area (TPSA) is 75.2 Å². The van der Waals surface area contributed by atoms with Crippen molar-refractivity contribution in [2.24, 2.45) is 4.99 Å². The van der Waals surface area contributed by atoms with E-state index in [0.29, 0.717) is 12.5 Å². The number of guanidine groups is 1. The largest absolute Gasteiger partial charge is 0.493 e. The molecule has 27 heavy (non-hydrogen) atoms. The van der Waals surface area contributed by atoms with Crippen LogP contribution in [0.3, 0.4) is 0 Å². The molecule has 154 valence electrons. The Labute approximate surface area is 179 Å². The van der Waals surface area contributed by atoms with Crippen LogP contribution in [0.1, 0.15) is 25.3 Å². The standard InChI is InChI=1S/C19H32N4O3.HI/c1-6-7-11-20-19(22-14-18(24)23(2)3)21-12-10-15-8-9-16(25-4)17(13-15)26-5;/h8-9,13H,6-7,10-12,14H2,1-5H3,(H2,20,21,22);1H. The fraction of sp³-hybridized carbons (Fsp3) is 0.579. The molecule has 0 aliphatic rings. The predicted molar refractivity (Wildman–Crippen MR) is 121 cm³/mol. The fourth-order valence-electron chi connectivity index (χ4n) is 2.21. The van der Waals surface area contributed by atoms with Crippen molar-refractivity contribution in [3.8, 4) is 11.5 Å². The second-order valence-electron chi connectivity index (χ2n) is 6.10. The fourth-order valence-corrected chi connectivity index (χ4v) is 2.21. The van der Waals surface area contributed by atoms with E-state index in [2.05, 4.69) is 22.5 Å². The molecule has 0 heterocycles. The molecule has 0 saturated heterocycles. The number of carbonyl (C=O) groups is 1. The molecular formula is C19H33IN4O3. The molecule has 1 aromatic rings. The summed E-state index contributed by atoms with van der Waals surface area (Å²) in [6, 6.07) is 5.88. The molecule has 8 heteroatoms. The molecule has 0 spiro atoms. The molecule has 0 bridgehead atoms. The number of amides is 1. The van der Waals surface area contributed by atoms with Gasteiger partial charge >= 0.3 is 0 Å². The summed E-state index contributed by atoms with van der Waals surface area (Å²) >= 11 is 0. The normalized spacial score (nSPS) is 10.6. The maximum atomic E-state index is 11.7. The lowest BCUT2D eigenvalue weighted by Gasteiger charge is -2.14. The van der Waals surface area contributed by atoms with Crippen LogP contribution in [0.15, 0.2) is 23.2 Å². The monoisotopic (exact) mass is 492 g/mol. The number of halogens is 1. The summed E-state index contributed by atoms with van der Waals surface area (Å²) in [5.41, 5.74) is 1.13. The first-order chi connectivity index (χ1) is 12.5. The number of likely N-dealkylation sites (N-methyl/N-ethyl adjacent to an activating group) is 1. The van der Waals surface area contributed by atoms with Crippen LogP contribution in [0.5, 0.6) is 11.5 Å². The Bertz CT molecular complexity index is 594. The lowest BCUT2D eigenvalue weighted by atomic mass is 10.1. The second-order valence-corrected chi connectivity index (χ2v) is 6.10. The van der Waals surface area contributed by atoms with E-state index < -0.39 is 0 Å². The lowest BCUT2D eigenvalue weighted by Crippen LogP contribution is -2.40. The van der Waals surface area contributed by atoms with E-state index in [9.17, 15) is 4.79 Å². The second kappa shape index (κ2) is 14.4. The highest BCUT2D eigenvalue weighted by Crippen LogP contribution is 2.27. The summed E-state index contributed by atoms with van der Waals surface area (Å²) in [5, 5.41) is 6.55. The van der Waals surface area contributed by atoms with Gasteiger partial charge < -0.3 is 25.0 Å². The number of unbranched alkanes of at least 4 members (excludes halogenated alkanes) is 1. The summed E-state index contributed by atoms with van der Waals surface area (Å²) in [7, 11) is 6.71. The van der Waals surface area contributed by atoms with Gasteiger partial charge in [-0.2, -0.15) is 0 Å². The molecule has 0 aliphatic carbocycles. The number of hydrogen-bond donors (Lipinski definition) is 2. The Morgan fingerprint density at radius 3 is 2.37 bits per heavy atom. The van der Waals surface area contributed by atoms with Gasteiger partial charge in [0.1, 0.15) is 6.54 Å². The van der Waals surface area contributed by atoms with E-state index >= 15 is 0 Å². The third-order valence-corrected chi connectivity index (χ3v) is 3.85. The highest BCUT2D eigenvalue weighted by molar-refractivity contribution is 14.0. The number of nitrogens with zero attached hydrogens (tertiary/aromatic N) is 2. The molecule has 1 rings (SSSR count). The molecule has 0 fully saturated rings. The molecule has 2 N–H and O–H groups in total. The zero-order valence-corrected chi connectivity index (χ0v) is 19.3. The summed E-state index contributed by atoms with van der Waals surface area (Å²) in [6.45, 7) is 3.79. The van der Waals surface area contributed by atoms with Gasteiger partial charge in [-0.05, 0) is 30.5 Å². The van der Waals surface area contributed by atoms with Crippen LogP contribution < -0.4 is 20.1 Å². The highest BCUT2D eigenvalue weighted by Gasteiger charge is 2.06. The number of methoxy groups -OCH3 is 2. The zero-order chi connectivity index (χ0) is 19.4. The van der Waals surface area contributed by atoms with E-state index in [1.54, 1.807) is 28.3 Å². The third kappa shape index (κ3) is 9.69. The van der Waals surface area contributed by atoms with E-state index in [1.807, 2.05) is 18.2 Å². The average molecular weight is 492 g/mol. The van der Waals surface area contributed by atoms with Gasteiger partial charge in [0.05, 0.1) is 14.2 Å². The van der Waals surface area contributed by atoms with E-state index in [4.69, 9.17) is 9.47 Å². The number of hydrogen-bond acceptors (Lipinski definition) is 4. The van der Waals surface area contributed by atoms with E-state index in [-0.39, 0.29) is 36.4 Å². The van der Waals surface area contributed by atoms with Gasteiger partial charge in [-0.15, -0.1) is 24.0 Å². The molecule has 0 aliphatic heterocycles. The minimum atomic E-state index is -0.0264. The summed E-state index contributed by atoms with van der Waals surface area (Å²) in [4.78, 5) is 17.6. The van der Waals surface area contributed by atoms with E-state index in [0.717, 1.165) is 42.9 Å². The number of ether oxygens (including phenoxy) is 2. The van der Waals surface area contributed by atoms with Gasteiger partial charge in [0, 0.05) is 27.2 Å². The Morgan fingerprint density at radius 1 is 1.11 bits per heavy atom. The summed E-state index contributed by atoms with van der Waals surface area (Å²) < 4.78 is 10.6. The van der Waals surface area contributed by atoms with Crippen LogP contribution in [0.2, 0.25) is 0 Å². The maximum absolute atomic E-state index is 11.7. The van der Waals surface area contributed by atoms with Gasteiger partial charge in [0.15, 0.2) is 17.5 Å². The number of rotatable bonds is 10. The van der Waals surface area contributed by atoms with Crippen molar-refractivity contribution in [2.75, 3.05) is 47.9 Å². The van der Waals surface area contributed by atoms with Crippen molar-refractivity contribution in [1.82, 2.24) is 15.5 Å². The molecule has 0 aromatic heterocycles. The first-order valence-corrected chi connectivity index (χ1v) is 8.95. The number of carbonyl (C=O) groups excluding carboxylic acids is 1. The van der Waals surface area contributed by atoms with Crippen LogP contribution in [0.4, 0.5) is 0 Å². The number of benzene rings is 1. The number of nitrogens with one attached hydrogen (secondary N) is 2. The SMILES string of the molecule is CCCCNC(=NCC(=O)N(C)C)NCCc1ccc(OC)c(OC)c1.I. The molecule has 0 unspecified atom stereocenters. The van der Waals surface area contributed by atoms with Crippen molar-refractivity contribution in [3.63, 3.8) is 0 Å². The van der Waals surface area contributed by atoms with Crippen molar-refractivity contribution < 1.29 is 14.3 Å². The third-order valence-electron chi connectivity index (χ3n) is 3.85. The van der Waals surface area contributed by atoms with Crippen molar-refractivity contribution >= 4 is 35.8 Å². The molecule has 0 saturated carbocycles. The van der Waals surface area contributed by atoms with Gasteiger partial charge in [0.25, 0.3) is 0 Å². The van der Waals surface area contributed by atoms with Crippen molar-refractivity contribution in [3.05, 3.63) is 23.8 Å². The average Bonchev–Trinajstić information content (AvgIpc) is 2.65. The lowest BCUT2D eigenvalue weighted by molar-refractivity contribution is -0.127. The predicted octanol–water partition coefficient (Wildman–Crippen LogP) is 2.29. The molecular weight excluding hydrogens is 459 g/mol. The highest BCUT2D eigenvalue weighted by atomic mass is 127. The van der Waals surface area contributed by atoms with Gasteiger partial charge in [-0.1, -0.05) is 19.4 Å². The van der Waals surface area contributed by atoms with Gasteiger partial charge in [-0.25, -0.2) is 4.99 Å². The van der Waals surface area contributed by atoms with E-state index in [1.165, 1.54) is 4.90 Å². The van der Waals surface area contributed by atoms with Crippen LogP contribution in [-0.4, -0.2) is 64.7 Å². The van der Waals surface area contributed by atoms with Gasteiger partial charge in [0.2, 0.25) is 5.91 Å². The number of aliphatic imine (C=N–C) groups is 1. The quantitative estimate of drug-likeness (QED) is 0.227. The molecule has 0 radical (unpaired) electrons. The molecule has 0 atom stereocenters. The molecule has 1 aromatic carbocycles. The minimum Gasteiger partial charge on any atom is -0.493 e. The Hall–Kier alpha value is -1.71.